The maximum atomic E-state index is 8.67. The van der Waals surface area contributed by atoms with Crippen molar-refractivity contribution in [2.45, 2.75) is 16.9 Å². The summed E-state index contributed by atoms with van der Waals surface area (Å²) in [5.41, 5.74) is 1.36. The van der Waals surface area contributed by atoms with Gasteiger partial charge in [-0.1, -0.05) is 12.1 Å². The van der Waals surface area contributed by atoms with Crippen LogP contribution in [0.4, 0.5) is 0 Å². The van der Waals surface area contributed by atoms with Crippen molar-refractivity contribution in [2.75, 3.05) is 6.61 Å². The fourth-order valence-corrected chi connectivity index (χ4v) is 2.09. The maximum Gasteiger partial charge on any atom is 0.119 e. The molecule has 4 heteroatoms. The first-order valence-corrected chi connectivity index (χ1v) is 5.46. The number of nitrogens with zero attached hydrogens (tertiary/aromatic N) is 1. The van der Waals surface area contributed by atoms with Gasteiger partial charge in [0.05, 0.1) is 18.2 Å². The molecule has 1 aliphatic heterocycles. The SMILES string of the molecule is N#Cc1ccc(C2(CC(Cl)Cl)CO2)cc1. The third kappa shape index (κ3) is 2.26. The van der Waals surface area contributed by atoms with Crippen LogP contribution in [-0.2, 0) is 10.3 Å². The summed E-state index contributed by atoms with van der Waals surface area (Å²) in [5, 5.41) is 8.67. The minimum absolute atomic E-state index is 0.317. The van der Waals surface area contributed by atoms with Crippen LogP contribution < -0.4 is 0 Å². The molecule has 1 heterocycles. The number of alkyl halides is 2. The van der Waals surface area contributed by atoms with E-state index in [4.69, 9.17) is 33.2 Å². The molecule has 0 bridgehead atoms. The molecule has 1 aliphatic rings. The Bertz CT molecular complexity index is 390. The fourth-order valence-electron chi connectivity index (χ4n) is 1.59. The first kappa shape index (κ1) is 10.8. The average molecular weight is 242 g/mol. The van der Waals surface area contributed by atoms with Crippen LogP contribution in [0.2, 0.25) is 0 Å². The molecule has 1 aromatic rings. The van der Waals surface area contributed by atoms with Gasteiger partial charge in [-0.2, -0.15) is 5.26 Å². The van der Waals surface area contributed by atoms with Crippen molar-refractivity contribution >= 4 is 23.2 Å². The highest BCUT2D eigenvalue weighted by molar-refractivity contribution is 6.44. The normalized spacial score (nSPS) is 23.9. The summed E-state index contributed by atoms with van der Waals surface area (Å²) in [6.07, 6.45) is 0.585. The van der Waals surface area contributed by atoms with E-state index in [1.165, 1.54) is 0 Å². The summed E-state index contributed by atoms with van der Waals surface area (Å²) < 4.78 is 5.41. The van der Waals surface area contributed by atoms with Crippen LogP contribution in [0.25, 0.3) is 0 Å². The van der Waals surface area contributed by atoms with Gasteiger partial charge in [-0.05, 0) is 17.7 Å². The maximum absolute atomic E-state index is 8.67. The zero-order chi connectivity index (χ0) is 10.9. The Morgan fingerprint density at radius 1 is 1.40 bits per heavy atom. The van der Waals surface area contributed by atoms with E-state index >= 15 is 0 Å². The molecule has 1 aromatic carbocycles. The molecule has 0 amide bonds. The molecule has 0 aromatic heterocycles. The molecule has 2 nitrogen and oxygen atoms in total. The van der Waals surface area contributed by atoms with E-state index in [1.54, 1.807) is 12.1 Å². The van der Waals surface area contributed by atoms with Crippen LogP contribution in [0.3, 0.4) is 0 Å². The van der Waals surface area contributed by atoms with E-state index in [0.717, 1.165) is 5.56 Å². The van der Waals surface area contributed by atoms with Crippen LogP contribution >= 0.6 is 23.2 Å². The zero-order valence-corrected chi connectivity index (χ0v) is 9.42. The lowest BCUT2D eigenvalue weighted by Crippen LogP contribution is -2.12. The molecule has 78 valence electrons. The number of ether oxygens (including phenoxy) is 1. The molecule has 1 atom stereocenters. The van der Waals surface area contributed by atoms with Crippen molar-refractivity contribution in [1.82, 2.24) is 0 Å². The summed E-state index contributed by atoms with van der Waals surface area (Å²) >= 11 is 11.5. The van der Waals surface area contributed by atoms with Gasteiger partial charge in [-0.3, -0.25) is 0 Å². The number of rotatable bonds is 3. The number of epoxide rings is 1. The lowest BCUT2D eigenvalue weighted by molar-refractivity contribution is 0.298. The van der Waals surface area contributed by atoms with Crippen LogP contribution in [0.1, 0.15) is 17.5 Å². The summed E-state index contributed by atoms with van der Waals surface area (Å²) in [6.45, 7) is 0.648. The Morgan fingerprint density at radius 3 is 2.40 bits per heavy atom. The summed E-state index contributed by atoms with van der Waals surface area (Å²) in [7, 11) is 0. The average Bonchev–Trinajstić information content (AvgIpc) is 2.98. The Balaban J connectivity index is 2.19. The van der Waals surface area contributed by atoms with Gasteiger partial charge in [0, 0.05) is 6.42 Å². The Labute approximate surface area is 98.4 Å². The van der Waals surface area contributed by atoms with Crippen molar-refractivity contribution < 1.29 is 4.74 Å². The van der Waals surface area contributed by atoms with Crippen molar-refractivity contribution in [3.63, 3.8) is 0 Å². The number of hydrogen-bond donors (Lipinski definition) is 0. The molecule has 1 saturated heterocycles. The lowest BCUT2D eigenvalue weighted by Gasteiger charge is -2.12. The number of hydrogen-bond acceptors (Lipinski definition) is 2. The van der Waals surface area contributed by atoms with Gasteiger partial charge < -0.3 is 4.74 Å². The third-order valence-electron chi connectivity index (χ3n) is 2.52. The zero-order valence-electron chi connectivity index (χ0n) is 7.91. The first-order valence-electron chi connectivity index (χ1n) is 4.59. The minimum atomic E-state index is -0.428. The van der Waals surface area contributed by atoms with E-state index in [0.29, 0.717) is 18.6 Å². The predicted octanol–water partition coefficient (Wildman–Crippen LogP) is 2.98. The lowest BCUT2D eigenvalue weighted by atomic mass is 9.96. The quantitative estimate of drug-likeness (QED) is 0.603. The molecule has 0 aliphatic carbocycles. The van der Waals surface area contributed by atoms with Gasteiger partial charge in [0.15, 0.2) is 0 Å². The van der Waals surface area contributed by atoms with Gasteiger partial charge in [0.25, 0.3) is 0 Å². The summed E-state index contributed by atoms with van der Waals surface area (Å²) in [6, 6.07) is 9.40. The van der Waals surface area contributed by atoms with Gasteiger partial charge in [-0.15, -0.1) is 23.2 Å². The second kappa shape index (κ2) is 4.02. The topological polar surface area (TPSA) is 36.3 Å². The molecule has 0 spiro atoms. The molecule has 0 saturated carbocycles. The predicted molar refractivity (Wildman–Crippen MR) is 58.9 cm³/mol. The van der Waals surface area contributed by atoms with Crippen molar-refractivity contribution in [3.8, 4) is 6.07 Å². The molecule has 0 radical (unpaired) electrons. The van der Waals surface area contributed by atoms with Crippen LogP contribution in [0, 0.1) is 11.3 Å². The van der Waals surface area contributed by atoms with Gasteiger partial charge in [0.2, 0.25) is 0 Å². The number of benzene rings is 1. The summed E-state index contributed by atoms with van der Waals surface area (Å²) in [5.74, 6) is 0. The highest BCUT2D eigenvalue weighted by atomic mass is 35.5. The number of halogens is 2. The van der Waals surface area contributed by atoms with E-state index in [9.17, 15) is 0 Å². The molecular formula is C11H9Cl2NO. The molecule has 1 unspecified atom stereocenters. The van der Waals surface area contributed by atoms with Crippen molar-refractivity contribution in [1.29, 1.82) is 5.26 Å². The fraction of sp³-hybridized carbons (Fsp3) is 0.364. The Hall–Kier alpha value is -0.750. The summed E-state index contributed by atoms with van der Waals surface area (Å²) in [4.78, 5) is -0.428. The largest absolute Gasteiger partial charge is 0.364 e. The second-order valence-corrected chi connectivity index (χ2v) is 4.84. The first-order chi connectivity index (χ1) is 7.16. The molecule has 0 N–H and O–H groups in total. The van der Waals surface area contributed by atoms with E-state index in [-0.39, 0.29) is 5.60 Å². The molecule has 15 heavy (non-hydrogen) atoms. The van der Waals surface area contributed by atoms with E-state index < -0.39 is 4.84 Å². The van der Waals surface area contributed by atoms with E-state index in [1.807, 2.05) is 12.1 Å². The van der Waals surface area contributed by atoms with Gasteiger partial charge in [-0.25, -0.2) is 0 Å². The molecular weight excluding hydrogens is 233 g/mol. The van der Waals surface area contributed by atoms with Crippen LogP contribution in [-0.4, -0.2) is 11.4 Å². The van der Waals surface area contributed by atoms with Gasteiger partial charge >= 0.3 is 0 Å². The third-order valence-corrected chi connectivity index (χ3v) is 2.83. The Morgan fingerprint density at radius 2 is 2.00 bits per heavy atom. The standard InChI is InChI=1S/C11H9Cl2NO/c12-10(13)5-11(7-15-11)9-3-1-8(6-14)2-4-9/h1-4,10H,5,7H2. The Kier molecular flexibility index (Phi) is 2.88. The van der Waals surface area contributed by atoms with Crippen molar-refractivity contribution in [3.05, 3.63) is 35.4 Å². The minimum Gasteiger partial charge on any atom is -0.364 e. The monoisotopic (exact) mass is 241 g/mol. The molecule has 2 rings (SSSR count). The highest BCUT2D eigenvalue weighted by Crippen LogP contribution is 2.44. The van der Waals surface area contributed by atoms with Crippen molar-refractivity contribution in [2.24, 2.45) is 0 Å². The highest BCUT2D eigenvalue weighted by Gasteiger charge is 2.47. The molecule has 1 fully saturated rings. The smallest absolute Gasteiger partial charge is 0.119 e. The number of nitriles is 1. The van der Waals surface area contributed by atoms with Crippen LogP contribution in [0.5, 0.6) is 0 Å². The van der Waals surface area contributed by atoms with E-state index in [2.05, 4.69) is 6.07 Å². The van der Waals surface area contributed by atoms with Gasteiger partial charge in [0.1, 0.15) is 10.4 Å². The van der Waals surface area contributed by atoms with Crippen LogP contribution in [0.15, 0.2) is 24.3 Å². The second-order valence-electron chi connectivity index (χ2n) is 3.57.